The van der Waals surface area contributed by atoms with Gasteiger partial charge in [-0.15, -0.1) is 11.3 Å². The minimum atomic E-state index is -3.33. The van der Waals surface area contributed by atoms with Crippen LogP contribution in [0.3, 0.4) is 0 Å². The number of thiophene rings is 1. The first-order valence-corrected chi connectivity index (χ1v) is 9.31. The summed E-state index contributed by atoms with van der Waals surface area (Å²) in [7, 11) is -3.33. The Bertz CT molecular complexity index is 488. The van der Waals surface area contributed by atoms with E-state index >= 15 is 0 Å². The van der Waals surface area contributed by atoms with Crippen LogP contribution in [0.5, 0.6) is 0 Å². The summed E-state index contributed by atoms with van der Waals surface area (Å²) >= 11 is 1.27. The number of ether oxygens (including phenoxy) is 1. The van der Waals surface area contributed by atoms with E-state index < -0.39 is 10.0 Å². The fourth-order valence-corrected chi connectivity index (χ4v) is 4.77. The van der Waals surface area contributed by atoms with Crippen molar-refractivity contribution in [1.29, 1.82) is 0 Å². The lowest BCUT2D eigenvalue weighted by atomic mass is 10.2. The molecule has 1 aromatic rings. The number of rotatable bonds is 7. The zero-order valence-electron chi connectivity index (χ0n) is 11.7. The standard InChI is InChI=1S/C13H22N2O3S2/c1-2-3-8-18-11-12-10-15(7-6-14-12)20(16,17)13-5-4-9-19-13/h4-5,9,12,14H,2-3,6-8,10-11H2,1H3/t12-/m1/s1. The summed E-state index contributed by atoms with van der Waals surface area (Å²) < 4.78 is 32.4. The zero-order chi connectivity index (χ0) is 14.4. The lowest BCUT2D eigenvalue weighted by molar-refractivity contribution is 0.0947. The fourth-order valence-electron chi connectivity index (χ4n) is 2.13. The average molecular weight is 318 g/mol. The van der Waals surface area contributed by atoms with Crippen molar-refractivity contribution < 1.29 is 13.2 Å². The van der Waals surface area contributed by atoms with Crippen LogP contribution in [0.4, 0.5) is 0 Å². The van der Waals surface area contributed by atoms with Gasteiger partial charge in [-0.05, 0) is 17.9 Å². The molecule has 0 bridgehead atoms. The van der Waals surface area contributed by atoms with Crippen LogP contribution < -0.4 is 5.32 Å². The average Bonchev–Trinajstić information content (AvgIpc) is 2.99. The molecule has 0 unspecified atom stereocenters. The Balaban J connectivity index is 1.90. The third kappa shape index (κ3) is 4.02. The fraction of sp³-hybridized carbons (Fsp3) is 0.692. The Morgan fingerprint density at radius 2 is 2.40 bits per heavy atom. The second kappa shape index (κ2) is 7.51. The number of nitrogens with zero attached hydrogens (tertiary/aromatic N) is 1. The van der Waals surface area contributed by atoms with Gasteiger partial charge in [-0.3, -0.25) is 0 Å². The highest BCUT2D eigenvalue weighted by Crippen LogP contribution is 2.21. The van der Waals surface area contributed by atoms with E-state index in [1.165, 1.54) is 11.3 Å². The number of sulfonamides is 1. The summed E-state index contributed by atoms with van der Waals surface area (Å²) in [5.74, 6) is 0. The quantitative estimate of drug-likeness (QED) is 0.775. The van der Waals surface area contributed by atoms with Crippen LogP contribution >= 0.6 is 11.3 Å². The highest BCUT2D eigenvalue weighted by atomic mass is 32.2. The SMILES string of the molecule is CCCCOC[C@H]1CN(S(=O)(=O)c2cccs2)CCN1. The Labute approximate surface area is 125 Å². The summed E-state index contributed by atoms with van der Waals surface area (Å²) in [6.07, 6.45) is 2.15. The molecule has 1 fully saturated rings. The van der Waals surface area contributed by atoms with Gasteiger partial charge < -0.3 is 10.1 Å². The normalized spacial score (nSPS) is 21.1. The van der Waals surface area contributed by atoms with E-state index in [0.717, 1.165) is 19.4 Å². The van der Waals surface area contributed by atoms with E-state index in [4.69, 9.17) is 4.74 Å². The number of nitrogens with one attached hydrogen (secondary N) is 1. The molecule has 0 aliphatic carbocycles. The summed E-state index contributed by atoms with van der Waals surface area (Å²) in [4.78, 5) is 0. The first-order chi connectivity index (χ1) is 9.64. The van der Waals surface area contributed by atoms with E-state index in [9.17, 15) is 8.42 Å². The molecule has 2 heterocycles. The van der Waals surface area contributed by atoms with E-state index in [1.807, 2.05) is 0 Å². The molecule has 114 valence electrons. The van der Waals surface area contributed by atoms with Gasteiger partial charge in [0.05, 0.1) is 6.61 Å². The molecule has 0 amide bonds. The van der Waals surface area contributed by atoms with Crippen molar-refractivity contribution in [2.24, 2.45) is 0 Å². The first kappa shape index (κ1) is 15.9. The van der Waals surface area contributed by atoms with E-state index in [1.54, 1.807) is 21.8 Å². The molecular weight excluding hydrogens is 296 g/mol. The number of piperazine rings is 1. The molecule has 1 saturated heterocycles. The second-order valence-corrected chi connectivity index (χ2v) is 7.99. The van der Waals surface area contributed by atoms with Crippen LogP contribution in [0.15, 0.2) is 21.7 Å². The molecule has 2 rings (SSSR count). The Kier molecular flexibility index (Phi) is 5.98. The lowest BCUT2D eigenvalue weighted by Gasteiger charge is -2.32. The van der Waals surface area contributed by atoms with E-state index in [0.29, 0.717) is 30.5 Å². The van der Waals surface area contributed by atoms with Crippen LogP contribution in [-0.4, -0.2) is 51.6 Å². The second-order valence-electron chi connectivity index (χ2n) is 4.87. The zero-order valence-corrected chi connectivity index (χ0v) is 13.4. The summed E-state index contributed by atoms with van der Waals surface area (Å²) in [5.41, 5.74) is 0. The molecule has 1 aromatic heterocycles. The van der Waals surface area contributed by atoms with Crippen molar-refractivity contribution >= 4 is 21.4 Å². The van der Waals surface area contributed by atoms with Crippen molar-refractivity contribution in [2.45, 2.75) is 30.0 Å². The van der Waals surface area contributed by atoms with Gasteiger partial charge in [-0.25, -0.2) is 8.42 Å². The van der Waals surface area contributed by atoms with Crippen molar-refractivity contribution in [3.05, 3.63) is 17.5 Å². The van der Waals surface area contributed by atoms with Gasteiger partial charge in [0, 0.05) is 32.3 Å². The minimum absolute atomic E-state index is 0.0790. The molecule has 1 aliphatic heterocycles. The Hall–Kier alpha value is -0.470. The molecule has 20 heavy (non-hydrogen) atoms. The molecule has 1 atom stereocenters. The highest BCUT2D eigenvalue weighted by Gasteiger charge is 2.30. The molecule has 0 saturated carbocycles. The van der Waals surface area contributed by atoms with Crippen molar-refractivity contribution in [3.63, 3.8) is 0 Å². The first-order valence-electron chi connectivity index (χ1n) is 6.99. The molecule has 0 aromatic carbocycles. The van der Waals surface area contributed by atoms with Gasteiger partial charge in [0.15, 0.2) is 0 Å². The van der Waals surface area contributed by atoms with Gasteiger partial charge in [0.2, 0.25) is 0 Å². The maximum atomic E-state index is 12.4. The number of unbranched alkanes of at least 4 members (excludes halogenated alkanes) is 1. The van der Waals surface area contributed by atoms with Crippen LogP contribution in [0.2, 0.25) is 0 Å². The minimum Gasteiger partial charge on any atom is -0.380 e. The third-order valence-corrected chi connectivity index (χ3v) is 6.51. The molecule has 5 nitrogen and oxygen atoms in total. The highest BCUT2D eigenvalue weighted by molar-refractivity contribution is 7.91. The molecule has 7 heteroatoms. The van der Waals surface area contributed by atoms with Crippen LogP contribution in [0.1, 0.15) is 19.8 Å². The molecule has 0 radical (unpaired) electrons. The van der Waals surface area contributed by atoms with E-state index in [2.05, 4.69) is 12.2 Å². The van der Waals surface area contributed by atoms with Crippen molar-refractivity contribution in [2.75, 3.05) is 32.8 Å². The Morgan fingerprint density at radius 3 is 3.10 bits per heavy atom. The van der Waals surface area contributed by atoms with Gasteiger partial charge in [-0.2, -0.15) is 4.31 Å². The maximum absolute atomic E-state index is 12.4. The van der Waals surface area contributed by atoms with Gasteiger partial charge in [0.25, 0.3) is 10.0 Å². The summed E-state index contributed by atoms with van der Waals surface area (Å²) in [5, 5.41) is 5.11. The molecule has 0 spiro atoms. The van der Waals surface area contributed by atoms with Gasteiger partial charge >= 0.3 is 0 Å². The maximum Gasteiger partial charge on any atom is 0.252 e. The molecular formula is C13H22N2O3S2. The van der Waals surface area contributed by atoms with Gasteiger partial charge in [0.1, 0.15) is 4.21 Å². The number of hydrogen-bond acceptors (Lipinski definition) is 5. The van der Waals surface area contributed by atoms with Crippen LogP contribution in [0.25, 0.3) is 0 Å². The van der Waals surface area contributed by atoms with Crippen molar-refractivity contribution in [1.82, 2.24) is 9.62 Å². The predicted molar refractivity (Wildman–Crippen MR) is 80.6 cm³/mol. The monoisotopic (exact) mass is 318 g/mol. The summed E-state index contributed by atoms with van der Waals surface area (Å²) in [6, 6.07) is 3.51. The molecule has 1 N–H and O–H groups in total. The van der Waals surface area contributed by atoms with Crippen molar-refractivity contribution in [3.8, 4) is 0 Å². The lowest BCUT2D eigenvalue weighted by Crippen LogP contribution is -2.54. The summed E-state index contributed by atoms with van der Waals surface area (Å²) in [6.45, 7) is 5.10. The third-order valence-electron chi connectivity index (χ3n) is 3.27. The van der Waals surface area contributed by atoms with E-state index in [-0.39, 0.29) is 6.04 Å². The van der Waals surface area contributed by atoms with Crippen LogP contribution in [0, 0.1) is 0 Å². The predicted octanol–water partition coefficient (Wildman–Crippen LogP) is 1.53. The number of hydrogen-bond donors (Lipinski definition) is 1. The smallest absolute Gasteiger partial charge is 0.252 e. The largest absolute Gasteiger partial charge is 0.380 e. The molecule has 1 aliphatic rings. The van der Waals surface area contributed by atoms with Crippen LogP contribution in [-0.2, 0) is 14.8 Å². The van der Waals surface area contributed by atoms with Gasteiger partial charge in [-0.1, -0.05) is 19.4 Å². The Morgan fingerprint density at radius 1 is 1.55 bits per heavy atom. The topological polar surface area (TPSA) is 58.6 Å².